The highest BCUT2D eigenvalue weighted by Gasteiger charge is 2.28. The third-order valence-corrected chi connectivity index (χ3v) is 4.64. The predicted molar refractivity (Wildman–Crippen MR) is 74.8 cm³/mol. The quantitative estimate of drug-likeness (QED) is 0.894. The van der Waals surface area contributed by atoms with Gasteiger partial charge in [-0.15, -0.1) is 11.3 Å². The highest BCUT2D eigenvalue weighted by Crippen LogP contribution is 2.33. The first-order chi connectivity index (χ1) is 8.11. The number of rotatable bonds is 4. The maximum atomic E-state index is 4.73. The fraction of sp³-hybridized carbons (Fsp3) is 0.769. The largest absolute Gasteiger partial charge is 0.345 e. The lowest BCUT2D eigenvalue weighted by molar-refractivity contribution is 0.625. The van der Waals surface area contributed by atoms with Gasteiger partial charge in [-0.25, -0.2) is 4.98 Å². The second-order valence-electron chi connectivity index (χ2n) is 5.13. The van der Waals surface area contributed by atoms with Crippen LogP contribution in [-0.2, 0) is 6.54 Å². The van der Waals surface area contributed by atoms with E-state index in [-0.39, 0.29) is 0 Å². The van der Waals surface area contributed by atoms with Crippen molar-refractivity contribution >= 4 is 16.5 Å². The van der Waals surface area contributed by atoms with Crippen LogP contribution in [0.2, 0.25) is 0 Å². The molecule has 0 amide bonds. The summed E-state index contributed by atoms with van der Waals surface area (Å²) in [6, 6.07) is 0.641. The van der Waals surface area contributed by atoms with Gasteiger partial charge in [0.25, 0.3) is 0 Å². The Hall–Kier alpha value is -0.610. The van der Waals surface area contributed by atoms with Gasteiger partial charge in [-0.05, 0) is 32.7 Å². The van der Waals surface area contributed by atoms with E-state index in [0.29, 0.717) is 6.04 Å². The molecule has 0 aliphatic carbocycles. The van der Waals surface area contributed by atoms with Crippen LogP contribution in [0.25, 0.3) is 0 Å². The van der Waals surface area contributed by atoms with E-state index in [1.165, 1.54) is 22.1 Å². The average Bonchev–Trinajstić information content (AvgIpc) is 2.79. The van der Waals surface area contributed by atoms with Gasteiger partial charge in [-0.3, -0.25) is 0 Å². The second-order valence-corrected chi connectivity index (χ2v) is 6.19. The minimum absolute atomic E-state index is 0.641. The molecule has 0 radical (unpaired) electrons. The molecule has 1 aliphatic rings. The van der Waals surface area contributed by atoms with Gasteiger partial charge in [-0.2, -0.15) is 0 Å². The zero-order valence-corrected chi connectivity index (χ0v) is 12.1. The van der Waals surface area contributed by atoms with Crippen LogP contribution in [0.4, 0.5) is 5.13 Å². The summed E-state index contributed by atoms with van der Waals surface area (Å²) in [5, 5.41) is 4.60. The van der Waals surface area contributed by atoms with Crippen molar-refractivity contribution < 1.29 is 0 Å². The number of aromatic nitrogens is 1. The molecule has 1 saturated heterocycles. The van der Waals surface area contributed by atoms with Gasteiger partial charge in [0.1, 0.15) is 0 Å². The van der Waals surface area contributed by atoms with Gasteiger partial charge in [0.05, 0.1) is 5.69 Å². The van der Waals surface area contributed by atoms with Gasteiger partial charge in [0.15, 0.2) is 5.13 Å². The Balaban J connectivity index is 2.11. The van der Waals surface area contributed by atoms with Crippen LogP contribution in [0.1, 0.15) is 37.8 Å². The third-order valence-electron chi connectivity index (χ3n) is 3.45. The van der Waals surface area contributed by atoms with Gasteiger partial charge >= 0.3 is 0 Å². The van der Waals surface area contributed by atoms with Crippen LogP contribution in [0.15, 0.2) is 0 Å². The molecular formula is C13H23N3S. The SMILES string of the molecule is CCNCc1sc(N2CC(C)CC2C)nc1C. The molecule has 1 aromatic rings. The Morgan fingerprint density at radius 2 is 2.24 bits per heavy atom. The number of aryl methyl sites for hydroxylation is 1. The van der Waals surface area contributed by atoms with E-state index in [4.69, 9.17) is 4.98 Å². The lowest BCUT2D eigenvalue weighted by atomic mass is 10.1. The van der Waals surface area contributed by atoms with E-state index >= 15 is 0 Å². The van der Waals surface area contributed by atoms with Crippen molar-refractivity contribution in [1.29, 1.82) is 0 Å². The number of thiazole rings is 1. The van der Waals surface area contributed by atoms with Crippen LogP contribution in [0.3, 0.4) is 0 Å². The summed E-state index contributed by atoms with van der Waals surface area (Å²) in [6.45, 7) is 12.0. The maximum Gasteiger partial charge on any atom is 0.186 e. The van der Waals surface area contributed by atoms with Crippen LogP contribution in [-0.4, -0.2) is 24.1 Å². The number of hydrogen-bond donors (Lipinski definition) is 1. The van der Waals surface area contributed by atoms with E-state index < -0.39 is 0 Å². The highest BCUT2D eigenvalue weighted by atomic mass is 32.1. The van der Waals surface area contributed by atoms with Crippen molar-refractivity contribution in [2.75, 3.05) is 18.0 Å². The molecule has 2 atom stereocenters. The van der Waals surface area contributed by atoms with Crippen molar-refractivity contribution in [3.8, 4) is 0 Å². The fourth-order valence-corrected chi connectivity index (χ4v) is 3.65. The third kappa shape index (κ3) is 2.80. The molecule has 17 heavy (non-hydrogen) atoms. The molecule has 2 unspecified atom stereocenters. The minimum atomic E-state index is 0.641. The smallest absolute Gasteiger partial charge is 0.186 e. The summed E-state index contributed by atoms with van der Waals surface area (Å²) >= 11 is 1.85. The van der Waals surface area contributed by atoms with Crippen molar-refractivity contribution in [3.05, 3.63) is 10.6 Å². The minimum Gasteiger partial charge on any atom is -0.345 e. The Bertz CT molecular complexity index is 375. The van der Waals surface area contributed by atoms with Crippen molar-refractivity contribution in [1.82, 2.24) is 10.3 Å². The van der Waals surface area contributed by atoms with Crippen molar-refractivity contribution in [2.24, 2.45) is 5.92 Å². The first kappa shape index (κ1) is 12.8. The summed E-state index contributed by atoms with van der Waals surface area (Å²) in [4.78, 5) is 8.59. The van der Waals surface area contributed by atoms with Gasteiger partial charge < -0.3 is 10.2 Å². The van der Waals surface area contributed by atoms with Crippen LogP contribution in [0, 0.1) is 12.8 Å². The molecule has 3 nitrogen and oxygen atoms in total. The number of nitrogens with one attached hydrogen (secondary N) is 1. The molecule has 0 aromatic carbocycles. The molecule has 0 bridgehead atoms. The molecule has 1 fully saturated rings. The van der Waals surface area contributed by atoms with Crippen LogP contribution < -0.4 is 10.2 Å². The molecule has 0 saturated carbocycles. The summed E-state index contributed by atoms with van der Waals surface area (Å²) in [7, 11) is 0. The lowest BCUT2D eigenvalue weighted by Crippen LogP contribution is -2.26. The number of anilines is 1. The molecule has 1 aromatic heterocycles. The van der Waals surface area contributed by atoms with Crippen molar-refractivity contribution in [3.63, 3.8) is 0 Å². The number of nitrogens with zero attached hydrogens (tertiary/aromatic N) is 2. The van der Waals surface area contributed by atoms with E-state index in [9.17, 15) is 0 Å². The normalized spacial score (nSPS) is 24.6. The highest BCUT2D eigenvalue weighted by molar-refractivity contribution is 7.15. The lowest BCUT2D eigenvalue weighted by Gasteiger charge is -2.19. The molecular weight excluding hydrogens is 230 g/mol. The summed E-state index contributed by atoms with van der Waals surface area (Å²) in [5.74, 6) is 0.798. The zero-order valence-electron chi connectivity index (χ0n) is 11.3. The van der Waals surface area contributed by atoms with E-state index in [0.717, 1.165) is 25.6 Å². The standard InChI is InChI=1S/C13H23N3S/c1-5-14-7-12-11(4)15-13(17-12)16-8-9(2)6-10(16)3/h9-10,14H,5-8H2,1-4H3. The maximum absolute atomic E-state index is 4.73. The predicted octanol–water partition coefficient (Wildman–Crippen LogP) is 2.80. The molecule has 0 spiro atoms. The van der Waals surface area contributed by atoms with Crippen LogP contribution >= 0.6 is 11.3 Å². The van der Waals surface area contributed by atoms with Crippen molar-refractivity contribution in [2.45, 2.75) is 46.7 Å². The summed E-state index contributed by atoms with van der Waals surface area (Å²) < 4.78 is 0. The molecule has 2 heterocycles. The van der Waals surface area contributed by atoms with Gasteiger partial charge in [0, 0.05) is 24.0 Å². The summed E-state index contributed by atoms with van der Waals surface area (Å²) in [6.07, 6.45) is 1.29. The molecule has 1 N–H and O–H groups in total. The monoisotopic (exact) mass is 253 g/mol. The fourth-order valence-electron chi connectivity index (χ4n) is 2.50. The average molecular weight is 253 g/mol. The zero-order chi connectivity index (χ0) is 12.4. The van der Waals surface area contributed by atoms with E-state index in [2.05, 4.69) is 37.9 Å². The Kier molecular flexibility index (Phi) is 4.05. The Morgan fingerprint density at radius 3 is 2.82 bits per heavy atom. The molecule has 1 aliphatic heterocycles. The Morgan fingerprint density at radius 1 is 1.47 bits per heavy atom. The molecule has 2 rings (SSSR count). The first-order valence-corrected chi connectivity index (χ1v) is 7.37. The molecule has 4 heteroatoms. The van der Waals surface area contributed by atoms with E-state index in [1.54, 1.807) is 0 Å². The Labute approximate surface area is 108 Å². The van der Waals surface area contributed by atoms with Crippen LogP contribution in [0.5, 0.6) is 0 Å². The van der Waals surface area contributed by atoms with Gasteiger partial charge in [0.2, 0.25) is 0 Å². The second kappa shape index (κ2) is 5.36. The topological polar surface area (TPSA) is 28.2 Å². The van der Waals surface area contributed by atoms with E-state index in [1.807, 2.05) is 11.3 Å². The molecule has 96 valence electrons. The summed E-state index contributed by atoms with van der Waals surface area (Å²) in [5.41, 5.74) is 1.19. The number of hydrogen-bond acceptors (Lipinski definition) is 4. The van der Waals surface area contributed by atoms with Gasteiger partial charge in [-0.1, -0.05) is 13.8 Å². The first-order valence-electron chi connectivity index (χ1n) is 6.55.